The quantitative estimate of drug-likeness (QED) is 0.856. The number of hydrogen-bond donors (Lipinski definition) is 1. The van der Waals surface area contributed by atoms with Crippen LogP contribution in [0.3, 0.4) is 0 Å². The molecule has 1 atom stereocenters. The van der Waals surface area contributed by atoms with Crippen LogP contribution in [0.15, 0.2) is 18.2 Å². The van der Waals surface area contributed by atoms with Gasteiger partial charge in [0.15, 0.2) is 0 Å². The van der Waals surface area contributed by atoms with Crippen LogP contribution >= 0.6 is 0 Å². The fourth-order valence-electron chi connectivity index (χ4n) is 1.67. The Morgan fingerprint density at radius 1 is 1.17 bits per heavy atom. The molecule has 0 saturated carbocycles. The highest BCUT2D eigenvalue weighted by Gasteiger charge is 2.14. The van der Waals surface area contributed by atoms with Gasteiger partial charge in [0.2, 0.25) is 0 Å². The Bertz CT molecular complexity index is 379. The van der Waals surface area contributed by atoms with Crippen molar-refractivity contribution in [3.63, 3.8) is 0 Å². The molecule has 0 aromatic heterocycles. The molecule has 0 aliphatic rings. The lowest BCUT2D eigenvalue weighted by Gasteiger charge is -2.25. The molecular weight excluding hydrogens is 222 g/mol. The summed E-state index contributed by atoms with van der Waals surface area (Å²) in [4.78, 5) is 0. The van der Waals surface area contributed by atoms with Gasteiger partial charge in [-0.1, -0.05) is 13.0 Å². The van der Waals surface area contributed by atoms with Gasteiger partial charge in [-0.15, -0.1) is 0 Å². The Hall–Kier alpha value is -1.02. The summed E-state index contributed by atoms with van der Waals surface area (Å²) in [5.74, 6) is 0.973. The second kappa shape index (κ2) is 6.24. The molecule has 1 aromatic carbocycles. The van der Waals surface area contributed by atoms with Crippen molar-refractivity contribution < 1.29 is 4.74 Å². The number of rotatable bonds is 5. The molecule has 0 heterocycles. The number of aryl methyl sites for hydroxylation is 2. The summed E-state index contributed by atoms with van der Waals surface area (Å²) in [6.45, 7) is 13.8. The second-order valence-electron chi connectivity index (χ2n) is 6.03. The van der Waals surface area contributed by atoms with Crippen LogP contribution in [0.2, 0.25) is 0 Å². The van der Waals surface area contributed by atoms with E-state index in [1.54, 1.807) is 0 Å². The van der Waals surface area contributed by atoms with Gasteiger partial charge < -0.3 is 10.1 Å². The molecule has 1 rings (SSSR count). The molecule has 1 N–H and O–H groups in total. The molecule has 102 valence electrons. The summed E-state index contributed by atoms with van der Waals surface area (Å²) in [5.41, 5.74) is 2.73. The van der Waals surface area contributed by atoms with Gasteiger partial charge in [0, 0.05) is 12.1 Å². The molecule has 0 radical (unpaired) electrons. The summed E-state index contributed by atoms with van der Waals surface area (Å²) >= 11 is 0. The lowest BCUT2D eigenvalue weighted by atomic mass is 10.1. The van der Waals surface area contributed by atoms with Gasteiger partial charge in [-0.2, -0.15) is 0 Å². The van der Waals surface area contributed by atoms with Crippen LogP contribution in [0.4, 0.5) is 0 Å². The van der Waals surface area contributed by atoms with Crippen LogP contribution in [-0.2, 0) is 0 Å². The van der Waals surface area contributed by atoms with Crippen molar-refractivity contribution in [2.45, 2.75) is 59.6 Å². The molecule has 2 heteroatoms. The molecule has 0 bridgehead atoms. The van der Waals surface area contributed by atoms with Gasteiger partial charge in [0.05, 0.1) is 0 Å². The first-order valence-electron chi connectivity index (χ1n) is 6.81. The monoisotopic (exact) mass is 249 g/mol. The number of benzene rings is 1. The molecule has 0 aliphatic carbocycles. The topological polar surface area (TPSA) is 21.3 Å². The van der Waals surface area contributed by atoms with Crippen molar-refractivity contribution in [3.8, 4) is 5.75 Å². The van der Waals surface area contributed by atoms with E-state index in [1.165, 1.54) is 11.1 Å². The van der Waals surface area contributed by atoms with Crippen molar-refractivity contribution >= 4 is 0 Å². The normalized spacial score (nSPS) is 13.4. The third kappa shape index (κ3) is 5.09. The standard InChI is InChI=1S/C16H27NO/c1-7-14(11-17-16(4,5)6)18-15-9-8-12(2)13(3)10-15/h8-10,14,17H,7,11H2,1-6H3. The minimum absolute atomic E-state index is 0.139. The summed E-state index contributed by atoms with van der Waals surface area (Å²) in [5, 5.41) is 3.49. The van der Waals surface area contributed by atoms with Crippen molar-refractivity contribution in [2.24, 2.45) is 0 Å². The van der Waals surface area contributed by atoms with Crippen LogP contribution in [0, 0.1) is 13.8 Å². The first-order chi connectivity index (χ1) is 8.31. The van der Waals surface area contributed by atoms with Gasteiger partial charge in [0.25, 0.3) is 0 Å². The molecule has 0 amide bonds. The maximum absolute atomic E-state index is 6.03. The zero-order valence-corrected chi connectivity index (χ0v) is 12.6. The van der Waals surface area contributed by atoms with E-state index in [4.69, 9.17) is 4.74 Å². The first-order valence-corrected chi connectivity index (χ1v) is 6.81. The number of ether oxygens (including phenoxy) is 1. The molecule has 0 aliphatic heterocycles. The van der Waals surface area contributed by atoms with E-state index in [1.807, 2.05) is 0 Å². The van der Waals surface area contributed by atoms with Gasteiger partial charge in [-0.05, 0) is 64.3 Å². The molecule has 0 saturated heterocycles. The first kappa shape index (κ1) is 15.0. The summed E-state index contributed by atoms with van der Waals surface area (Å²) in [6.07, 6.45) is 1.24. The van der Waals surface area contributed by atoms with Crippen LogP contribution in [0.1, 0.15) is 45.2 Å². The van der Waals surface area contributed by atoms with E-state index in [2.05, 4.69) is 65.1 Å². The largest absolute Gasteiger partial charge is 0.489 e. The number of hydrogen-bond acceptors (Lipinski definition) is 2. The summed E-state index contributed by atoms with van der Waals surface area (Å²) < 4.78 is 6.03. The fourth-order valence-corrected chi connectivity index (χ4v) is 1.67. The average Bonchev–Trinajstić information content (AvgIpc) is 2.28. The Labute approximate surface area is 112 Å². The van der Waals surface area contributed by atoms with E-state index in [9.17, 15) is 0 Å². The van der Waals surface area contributed by atoms with Crippen LogP contribution < -0.4 is 10.1 Å². The molecule has 2 nitrogen and oxygen atoms in total. The van der Waals surface area contributed by atoms with Gasteiger partial charge in [0.1, 0.15) is 11.9 Å². The highest BCUT2D eigenvalue weighted by Crippen LogP contribution is 2.18. The van der Waals surface area contributed by atoms with Gasteiger partial charge in [-0.25, -0.2) is 0 Å². The number of nitrogens with one attached hydrogen (secondary N) is 1. The highest BCUT2D eigenvalue weighted by molar-refractivity contribution is 5.33. The zero-order chi connectivity index (χ0) is 13.8. The van der Waals surface area contributed by atoms with E-state index in [0.717, 1.165) is 18.7 Å². The molecule has 1 unspecified atom stereocenters. The zero-order valence-electron chi connectivity index (χ0n) is 12.6. The van der Waals surface area contributed by atoms with Crippen LogP contribution in [-0.4, -0.2) is 18.2 Å². The average molecular weight is 249 g/mol. The summed E-state index contributed by atoms with van der Waals surface area (Å²) in [6, 6.07) is 6.30. The van der Waals surface area contributed by atoms with Crippen molar-refractivity contribution in [2.75, 3.05) is 6.54 Å². The SMILES string of the molecule is CCC(CNC(C)(C)C)Oc1ccc(C)c(C)c1. The van der Waals surface area contributed by atoms with Crippen molar-refractivity contribution in [1.82, 2.24) is 5.32 Å². The van der Waals surface area contributed by atoms with Gasteiger partial charge in [-0.3, -0.25) is 0 Å². The Morgan fingerprint density at radius 2 is 1.83 bits per heavy atom. The molecule has 0 spiro atoms. The summed E-state index contributed by atoms with van der Waals surface area (Å²) in [7, 11) is 0. The lowest BCUT2D eigenvalue weighted by Crippen LogP contribution is -2.42. The molecular formula is C16H27NO. The predicted molar refractivity (Wildman–Crippen MR) is 78.4 cm³/mol. The third-order valence-corrected chi connectivity index (χ3v) is 3.10. The Balaban J connectivity index is 2.59. The molecule has 18 heavy (non-hydrogen) atoms. The minimum atomic E-state index is 0.139. The van der Waals surface area contributed by atoms with Crippen molar-refractivity contribution in [1.29, 1.82) is 0 Å². The Morgan fingerprint density at radius 3 is 2.33 bits per heavy atom. The predicted octanol–water partition coefficient (Wildman–Crippen LogP) is 3.85. The maximum atomic E-state index is 6.03. The molecule has 1 aromatic rings. The second-order valence-corrected chi connectivity index (χ2v) is 6.03. The van der Waals surface area contributed by atoms with E-state index < -0.39 is 0 Å². The third-order valence-electron chi connectivity index (χ3n) is 3.10. The van der Waals surface area contributed by atoms with E-state index in [-0.39, 0.29) is 11.6 Å². The van der Waals surface area contributed by atoms with Crippen molar-refractivity contribution in [3.05, 3.63) is 29.3 Å². The fraction of sp³-hybridized carbons (Fsp3) is 0.625. The van der Waals surface area contributed by atoms with Gasteiger partial charge >= 0.3 is 0 Å². The van der Waals surface area contributed by atoms with Crippen LogP contribution in [0.5, 0.6) is 5.75 Å². The Kier molecular flexibility index (Phi) is 5.21. The van der Waals surface area contributed by atoms with Crippen LogP contribution in [0.25, 0.3) is 0 Å². The smallest absolute Gasteiger partial charge is 0.120 e. The maximum Gasteiger partial charge on any atom is 0.120 e. The molecule has 0 fully saturated rings. The highest BCUT2D eigenvalue weighted by atomic mass is 16.5. The van der Waals surface area contributed by atoms with E-state index in [0.29, 0.717) is 0 Å². The lowest BCUT2D eigenvalue weighted by molar-refractivity contribution is 0.181. The minimum Gasteiger partial charge on any atom is -0.489 e. The van der Waals surface area contributed by atoms with E-state index >= 15 is 0 Å².